The van der Waals surface area contributed by atoms with Crippen LogP contribution in [-0.4, -0.2) is 22.0 Å². The molecular formula is C13H19N5. The number of aromatic amines is 1. The van der Waals surface area contributed by atoms with E-state index in [1.165, 1.54) is 19.3 Å². The fraction of sp³-hybridized carbons (Fsp3) is 0.538. The van der Waals surface area contributed by atoms with Crippen LogP contribution in [0.15, 0.2) is 12.1 Å². The highest BCUT2D eigenvalue weighted by Crippen LogP contribution is 2.33. The average molecular weight is 245 g/mol. The number of aromatic nitrogens is 3. The van der Waals surface area contributed by atoms with Crippen molar-refractivity contribution < 1.29 is 0 Å². The Morgan fingerprint density at radius 1 is 1.22 bits per heavy atom. The van der Waals surface area contributed by atoms with E-state index in [1.54, 1.807) is 0 Å². The third kappa shape index (κ3) is 1.84. The van der Waals surface area contributed by atoms with Crippen molar-refractivity contribution in [2.45, 2.75) is 37.6 Å². The molecule has 1 saturated carbocycles. The molecule has 3 rings (SSSR count). The standard InChI is InChI=1S/C13H19N5/c1-15-10-6-5-9-11(17-10)18-12(16-9)13(14)7-3-2-4-8-13/h5-6H,2-4,7-8,14H2,1H3,(H2,15,16,17,18). The summed E-state index contributed by atoms with van der Waals surface area (Å²) in [6.45, 7) is 0. The van der Waals surface area contributed by atoms with E-state index in [4.69, 9.17) is 5.73 Å². The Balaban J connectivity index is 2.02. The zero-order valence-corrected chi connectivity index (χ0v) is 10.7. The lowest BCUT2D eigenvalue weighted by Gasteiger charge is -2.31. The molecule has 5 heteroatoms. The van der Waals surface area contributed by atoms with Crippen molar-refractivity contribution in [3.8, 4) is 0 Å². The van der Waals surface area contributed by atoms with Crippen LogP contribution in [0.5, 0.6) is 0 Å². The van der Waals surface area contributed by atoms with Gasteiger partial charge in [-0.15, -0.1) is 0 Å². The molecular weight excluding hydrogens is 226 g/mol. The lowest BCUT2D eigenvalue weighted by molar-refractivity contribution is 0.289. The Hall–Kier alpha value is -1.62. The van der Waals surface area contributed by atoms with Gasteiger partial charge in [-0.25, -0.2) is 9.97 Å². The van der Waals surface area contributed by atoms with Crippen molar-refractivity contribution in [3.05, 3.63) is 18.0 Å². The third-order valence-corrected chi connectivity index (χ3v) is 3.82. The number of hydrogen-bond donors (Lipinski definition) is 3. The topological polar surface area (TPSA) is 79.6 Å². The van der Waals surface area contributed by atoms with E-state index in [0.29, 0.717) is 0 Å². The first-order chi connectivity index (χ1) is 8.71. The fourth-order valence-corrected chi connectivity index (χ4v) is 2.69. The summed E-state index contributed by atoms with van der Waals surface area (Å²) in [4.78, 5) is 12.3. The molecule has 1 aliphatic carbocycles. The summed E-state index contributed by atoms with van der Waals surface area (Å²) in [6.07, 6.45) is 5.66. The van der Waals surface area contributed by atoms with Crippen LogP contribution >= 0.6 is 0 Å². The van der Waals surface area contributed by atoms with E-state index in [0.717, 1.165) is 35.6 Å². The minimum absolute atomic E-state index is 0.293. The molecule has 4 N–H and O–H groups in total. The normalized spacial score (nSPS) is 19.0. The Morgan fingerprint density at radius 2 is 2.00 bits per heavy atom. The van der Waals surface area contributed by atoms with Gasteiger partial charge < -0.3 is 16.0 Å². The molecule has 18 heavy (non-hydrogen) atoms. The zero-order valence-electron chi connectivity index (χ0n) is 10.7. The first kappa shape index (κ1) is 11.5. The van der Waals surface area contributed by atoms with Gasteiger partial charge in [0.05, 0.1) is 11.1 Å². The van der Waals surface area contributed by atoms with Gasteiger partial charge in [-0.3, -0.25) is 0 Å². The molecule has 1 aliphatic rings. The Morgan fingerprint density at radius 3 is 2.72 bits per heavy atom. The van der Waals surface area contributed by atoms with E-state index in [9.17, 15) is 0 Å². The summed E-state index contributed by atoms with van der Waals surface area (Å²) in [6, 6.07) is 3.94. The summed E-state index contributed by atoms with van der Waals surface area (Å²) >= 11 is 0. The second kappa shape index (κ2) is 4.24. The molecule has 0 saturated heterocycles. The number of nitrogens with one attached hydrogen (secondary N) is 2. The van der Waals surface area contributed by atoms with Crippen LogP contribution in [0, 0.1) is 0 Å². The second-order valence-corrected chi connectivity index (χ2v) is 5.12. The number of anilines is 1. The van der Waals surface area contributed by atoms with Gasteiger partial charge in [-0.05, 0) is 25.0 Å². The van der Waals surface area contributed by atoms with Gasteiger partial charge in [-0.1, -0.05) is 19.3 Å². The quantitative estimate of drug-likeness (QED) is 0.757. The molecule has 0 unspecified atom stereocenters. The molecule has 2 aromatic heterocycles. The minimum atomic E-state index is -0.293. The van der Waals surface area contributed by atoms with Crippen LogP contribution in [0.3, 0.4) is 0 Å². The highest BCUT2D eigenvalue weighted by atomic mass is 15.1. The van der Waals surface area contributed by atoms with E-state index < -0.39 is 0 Å². The molecule has 0 atom stereocenters. The molecule has 2 aromatic rings. The van der Waals surface area contributed by atoms with Crippen molar-refractivity contribution in [2.75, 3.05) is 12.4 Å². The lowest BCUT2D eigenvalue weighted by Crippen LogP contribution is -2.39. The van der Waals surface area contributed by atoms with Gasteiger partial charge in [0.1, 0.15) is 11.6 Å². The van der Waals surface area contributed by atoms with Gasteiger partial charge in [0.15, 0.2) is 5.65 Å². The molecule has 0 bridgehead atoms. The third-order valence-electron chi connectivity index (χ3n) is 3.82. The predicted octanol–water partition coefficient (Wildman–Crippen LogP) is 2.12. The summed E-state index contributed by atoms with van der Waals surface area (Å²) in [7, 11) is 1.85. The van der Waals surface area contributed by atoms with E-state index >= 15 is 0 Å². The highest BCUT2D eigenvalue weighted by molar-refractivity contribution is 5.73. The number of H-pyrrole nitrogens is 1. The molecule has 0 radical (unpaired) electrons. The first-order valence-electron chi connectivity index (χ1n) is 6.55. The smallest absolute Gasteiger partial charge is 0.179 e. The molecule has 96 valence electrons. The summed E-state index contributed by atoms with van der Waals surface area (Å²) in [5.74, 6) is 1.72. The Bertz CT molecular complexity index is 554. The average Bonchev–Trinajstić information content (AvgIpc) is 2.83. The molecule has 0 amide bonds. The monoisotopic (exact) mass is 245 g/mol. The Labute approximate surface area is 106 Å². The van der Waals surface area contributed by atoms with Crippen LogP contribution in [-0.2, 0) is 5.54 Å². The molecule has 5 nitrogen and oxygen atoms in total. The second-order valence-electron chi connectivity index (χ2n) is 5.12. The first-order valence-corrected chi connectivity index (χ1v) is 6.55. The SMILES string of the molecule is CNc1ccc2[nH]c(C3(N)CCCCC3)nc2n1. The summed E-state index contributed by atoms with van der Waals surface area (Å²) in [5.41, 5.74) is 7.89. The predicted molar refractivity (Wildman–Crippen MR) is 72.4 cm³/mol. The van der Waals surface area contributed by atoms with Crippen LogP contribution in [0.1, 0.15) is 37.9 Å². The molecule has 1 fully saturated rings. The number of imidazole rings is 1. The van der Waals surface area contributed by atoms with E-state index in [2.05, 4.69) is 20.3 Å². The van der Waals surface area contributed by atoms with E-state index in [-0.39, 0.29) is 5.54 Å². The zero-order chi connectivity index (χ0) is 12.6. The maximum absolute atomic E-state index is 6.48. The van der Waals surface area contributed by atoms with Gasteiger partial charge >= 0.3 is 0 Å². The fourth-order valence-electron chi connectivity index (χ4n) is 2.69. The lowest BCUT2D eigenvalue weighted by atomic mass is 9.82. The summed E-state index contributed by atoms with van der Waals surface area (Å²) in [5, 5.41) is 3.02. The largest absolute Gasteiger partial charge is 0.373 e. The number of fused-ring (bicyclic) bond motifs is 1. The highest BCUT2D eigenvalue weighted by Gasteiger charge is 2.32. The molecule has 2 heterocycles. The van der Waals surface area contributed by atoms with Crippen molar-refractivity contribution in [1.29, 1.82) is 0 Å². The number of hydrogen-bond acceptors (Lipinski definition) is 4. The van der Waals surface area contributed by atoms with Crippen LogP contribution in [0.2, 0.25) is 0 Å². The molecule has 0 aromatic carbocycles. The minimum Gasteiger partial charge on any atom is -0.373 e. The summed E-state index contributed by atoms with van der Waals surface area (Å²) < 4.78 is 0. The Kier molecular flexibility index (Phi) is 2.70. The van der Waals surface area contributed by atoms with Gasteiger partial charge in [-0.2, -0.15) is 0 Å². The number of nitrogens with two attached hydrogens (primary N) is 1. The van der Waals surface area contributed by atoms with Crippen LogP contribution in [0.25, 0.3) is 11.2 Å². The van der Waals surface area contributed by atoms with Crippen molar-refractivity contribution in [1.82, 2.24) is 15.0 Å². The molecule has 0 aliphatic heterocycles. The van der Waals surface area contributed by atoms with E-state index in [1.807, 2.05) is 19.2 Å². The molecule has 0 spiro atoms. The number of pyridine rings is 1. The van der Waals surface area contributed by atoms with Crippen LogP contribution in [0.4, 0.5) is 5.82 Å². The van der Waals surface area contributed by atoms with Crippen molar-refractivity contribution in [3.63, 3.8) is 0 Å². The maximum atomic E-state index is 6.48. The van der Waals surface area contributed by atoms with Crippen LogP contribution < -0.4 is 11.1 Å². The maximum Gasteiger partial charge on any atom is 0.179 e. The van der Waals surface area contributed by atoms with Gasteiger partial charge in [0.2, 0.25) is 0 Å². The number of nitrogens with zero attached hydrogens (tertiary/aromatic N) is 2. The number of rotatable bonds is 2. The van der Waals surface area contributed by atoms with Crippen molar-refractivity contribution in [2.24, 2.45) is 5.73 Å². The van der Waals surface area contributed by atoms with Crippen molar-refractivity contribution >= 4 is 17.0 Å². The van der Waals surface area contributed by atoms with Gasteiger partial charge in [0, 0.05) is 7.05 Å². The van der Waals surface area contributed by atoms with Gasteiger partial charge in [0.25, 0.3) is 0 Å².